The standard InChI is InChI=1S/C28H30ClN3O/c1-20-17-21(9-13-25-26-18-23(29)11-10-22(26)19-31-28(25)30)8-12-24(20)27(33)7-3-6-16-32-14-4-2-5-15-32/h8,10-12,17-19H,2-7,14-16H2,1H3,(H2,30,31). The van der Waals surface area contributed by atoms with E-state index in [0.29, 0.717) is 22.8 Å². The molecule has 3 aromatic rings. The maximum absolute atomic E-state index is 12.7. The number of carbonyl (C=O) groups is 1. The summed E-state index contributed by atoms with van der Waals surface area (Å²) in [5.41, 5.74) is 9.35. The molecule has 1 aromatic heterocycles. The predicted octanol–water partition coefficient (Wildman–Crippen LogP) is 6.02. The lowest BCUT2D eigenvalue weighted by molar-refractivity contribution is 0.0976. The first kappa shape index (κ1) is 23.3. The summed E-state index contributed by atoms with van der Waals surface area (Å²) in [4.78, 5) is 19.5. The molecule has 2 N–H and O–H groups in total. The third-order valence-electron chi connectivity index (χ3n) is 6.32. The molecule has 0 bridgehead atoms. The molecule has 0 atom stereocenters. The molecule has 1 aliphatic heterocycles. The number of aromatic nitrogens is 1. The van der Waals surface area contributed by atoms with Crippen LogP contribution in [0.25, 0.3) is 10.8 Å². The van der Waals surface area contributed by atoms with Gasteiger partial charge in [-0.2, -0.15) is 0 Å². The Morgan fingerprint density at radius 3 is 2.70 bits per heavy atom. The lowest BCUT2D eigenvalue weighted by atomic mass is 9.98. The highest BCUT2D eigenvalue weighted by atomic mass is 35.5. The van der Waals surface area contributed by atoms with Crippen LogP contribution in [0.1, 0.15) is 65.6 Å². The monoisotopic (exact) mass is 459 g/mol. The summed E-state index contributed by atoms with van der Waals surface area (Å²) >= 11 is 6.17. The van der Waals surface area contributed by atoms with Crippen LogP contribution >= 0.6 is 11.6 Å². The first-order chi connectivity index (χ1) is 16.0. The number of piperidine rings is 1. The van der Waals surface area contributed by atoms with Gasteiger partial charge in [-0.3, -0.25) is 4.79 Å². The van der Waals surface area contributed by atoms with Crippen molar-refractivity contribution in [2.24, 2.45) is 0 Å². The zero-order chi connectivity index (χ0) is 23.2. The molecule has 1 aliphatic rings. The Bertz CT molecular complexity index is 1210. The number of fused-ring (bicyclic) bond motifs is 1. The van der Waals surface area contributed by atoms with Crippen LogP contribution in [-0.2, 0) is 0 Å². The molecule has 0 amide bonds. The van der Waals surface area contributed by atoms with Crippen LogP contribution in [0.4, 0.5) is 5.82 Å². The fourth-order valence-electron chi connectivity index (χ4n) is 4.46. The molecular weight excluding hydrogens is 430 g/mol. The number of aryl methyl sites for hydroxylation is 1. The van der Waals surface area contributed by atoms with E-state index in [1.54, 1.807) is 6.20 Å². The highest BCUT2D eigenvalue weighted by Gasteiger charge is 2.12. The number of Topliss-reactive ketones (excluding diaryl/α,β-unsaturated/α-hetero) is 1. The number of unbranched alkanes of at least 4 members (excludes halogenated alkanes) is 1. The third-order valence-corrected chi connectivity index (χ3v) is 6.55. The molecule has 33 heavy (non-hydrogen) atoms. The van der Waals surface area contributed by atoms with E-state index in [1.807, 2.05) is 43.3 Å². The number of benzene rings is 2. The van der Waals surface area contributed by atoms with Crippen molar-refractivity contribution in [1.29, 1.82) is 0 Å². The first-order valence-electron chi connectivity index (χ1n) is 11.7. The smallest absolute Gasteiger partial charge is 0.163 e. The SMILES string of the molecule is Cc1cc(C#Cc2c(N)ncc3ccc(Cl)cc23)ccc1C(=O)CCCCN1CCCCC1. The van der Waals surface area contributed by atoms with E-state index in [1.165, 1.54) is 32.4 Å². The van der Waals surface area contributed by atoms with E-state index >= 15 is 0 Å². The van der Waals surface area contributed by atoms with Crippen molar-refractivity contribution >= 4 is 34.0 Å². The van der Waals surface area contributed by atoms with Gasteiger partial charge in [0.15, 0.2) is 5.78 Å². The predicted molar refractivity (Wildman–Crippen MR) is 137 cm³/mol. The number of anilines is 1. The van der Waals surface area contributed by atoms with E-state index < -0.39 is 0 Å². The molecule has 1 fully saturated rings. The summed E-state index contributed by atoms with van der Waals surface area (Å²) < 4.78 is 0. The second-order valence-corrected chi connectivity index (χ2v) is 9.25. The molecule has 0 aliphatic carbocycles. The van der Waals surface area contributed by atoms with Gasteiger partial charge in [-0.05, 0) is 88.1 Å². The van der Waals surface area contributed by atoms with Crippen LogP contribution in [0.3, 0.4) is 0 Å². The van der Waals surface area contributed by atoms with Gasteiger partial charge < -0.3 is 10.6 Å². The van der Waals surface area contributed by atoms with Crippen molar-refractivity contribution < 1.29 is 4.79 Å². The van der Waals surface area contributed by atoms with Crippen LogP contribution in [0.2, 0.25) is 5.02 Å². The van der Waals surface area contributed by atoms with Crippen molar-refractivity contribution in [3.05, 3.63) is 69.9 Å². The summed E-state index contributed by atoms with van der Waals surface area (Å²) in [5, 5.41) is 2.46. The van der Waals surface area contributed by atoms with E-state index in [4.69, 9.17) is 17.3 Å². The van der Waals surface area contributed by atoms with Gasteiger partial charge in [0.05, 0.1) is 5.56 Å². The first-order valence-corrected chi connectivity index (χ1v) is 12.1. The number of nitrogens with zero attached hydrogens (tertiary/aromatic N) is 2. The lowest BCUT2D eigenvalue weighted by Crippen LogP contribution is -2.30. The number of rotatable bonds is 6. The number of nitrogen functional groups attached to an aromatic ring is 1. The summed E-state index contributed by atoms with van der Waals surface area (Å²) in [6, 6.07) is 11.4. The molecule has 1 saturated heterocycles. The molecule has 0 spiro atoms. The van der Waals surface area contributed by atoms with E-state index in [-0.39, 0.29) is 5.78 Å². The van der Waals surface area contributed by atoms with Crippen LogP contribution < -0.4 is 5.73 Å². The van der Waals surface area contributed by atoms with Crippen molar-refractivity contribution in [3.63, 3.8) is 0 Å². The molecule has 2 aromatic carbocycles. The largest absolute Gasteiger partial charge is 0.383 e. The van der Waals surface area contributed by atoms with Gasteiger partial charge in [-0.15, -0.1) is 0 Å². The van der Waals surface area contributed by atoms with Crippen molar-refractivity contribution in [1.82, 2.24) is 9.88 Å². The molecule has 5 heteroatoms. The average Bonchev–Trinajstić information content (AvgIpc) is 2.82. The average molecular weight is 460 g/mol. The van der Waals surface area contributed by atoms with Gasteiger partial charge in [0.1, 0.15) is 5.82 Å². The fraction of sp³-hybridized carbons (Fsp3) is 0.357. The number of ketones is 1. The van der Waals surface area contributed by atoms with Crippen LogP contribution in [-0.4, -0.2) is 35.3 Å². The molecule has 4 nitrogen and oxygen atoms in total. The summed E-state index contributed by atoms with van der Waals surface area (Å²) in [7, 11) is 0. The maximum Gasteiger partial charge on any atom is 0.163 e. The minimum absolute atomic E-state index is 0.211. The van der Waals surface area contributed by atoms with Crippen molar-refractivity contribution in [2.45, 2.75) is 45.4 Å². The number of carbonyl (C=O) groups excluding carboxylic acids is 1. The number of hydrogen-bond donors (Lipinski definition) is 1. The molecular formula is C28H30ClN3O. The second kappa shape index (κ2) is 10.8. The Morgan fingerprint density at radius 2 is 1.91 bits per heavy atom. The molecule has 0 saturated carbocycles. The zero-order valence-electron chi connectivity index (χ0n) is 19.2. The number of likely N-dealkylation sites (tertiary alicyclic amines) is 1. The Hall–Kier alpha value is -2.87. The molecule has 0 radical (unpaired) electrons. The summed E-state index contributed by atoms with van der Waals surface area (Å²) in [6.45, 7) is 5.50. The van der Waals surface area contributed by atoms with Crippen LogP contribution in [0.5, 0.6) is 0 Å². The van der Waals surface area contributed by atoms with Gasteiger partial charge in [0.2, 0.25) is 0 Å². The molecule has 2 heterocycles. The normalized spacial score (nSPS) is 14.1. The Morgan fingerprint density at radius 1 is 1.09 bits per heavy atom. The molecule has 0 unspecified atom stereocenters. The van der Waals surface area contributed by atoms with Gasteiger partial charge in [0, 0.05) is 39.5 Å². The Kier molecular flexibility index (Phi) is 7.65. The van der Waals surface area contributed by atoms with Crippen molar-refractivity contribution in [2.75, 3.05) is 25.4 Å². The van der Waals surface area contributed by atoms with Crippen LogP contribution in [0.15, 0.2) is 42.6 Å². The Labute approximate surface area is 201 Å². The van der Waals surface area contributed by atoms with Gasteiger partial charge in [0.25, 0.3) is 0 Å². The van der Waals surface area contributed by atoms with Gasteiger partial charge in [-0.1, -0.05) is 35.9 Å². The minimum Gasteiger partial charge on any atom is -0.383 e. The maximum atomic E-state index is 12.7. The Balaban J connectivity index is 1.42. The number of halogens is 1. The lowest BCUT2D eigenvalue weighted by Gasteiger charge is -2.26. The number of pyridine rings is 1. The molecule has 4 rings (SSSR count). The topological polar surface area (TPSA) is 59.2 Å². The zero-order valence-corrected chi connectivity index (χ0v) is 19.9. The quantitative estimate of drug-likeness (QED) is 0.278. The van der Waals surface area contributed by atoms with E-state index in [9.17, 15) is 4.79 Å². The van der Waals surface area contributed by atoms with E-state index in [0.717, 1.165) is 46.8 Å². The summed E-state index contributed by atoms with van der Waals surface area (Å²) in [6.07, 6.45) is 8.32. The third kappa shape index (κ3) is 5.93. The highest BCUT2D eigenvalue weighted by molar-refractivity contribution is 6.31. The summed E-state index contributed by atoms with van der Waals surface area (Å²) in [5.74, 6) is 6.93. The highest BCUT2D eigenvalue weighted by Crippen LogP contribution is 2.25. The fourth-order valence-corrected chi connectivity index (χ4v) is 4.63. The van der Waals surface area contributed by atoms with E-state index in [2.05, 4.69) is 21.7 Å². The van der Waals surface area contributed by atoms with Gasteiger partial charge >= 0.3 is 0 Å². The molecule has 170 valence electrons. The minimum atomic E-state index is 0.211. The van der Waals surface area contributed by atoms with Crippen molar-refractivity contribution in [3.8, 4) is 11.8 Å². The number of nitrogens with two attached hydrogens (primary N) is 1. The van der Waals surface area contributed by atoms with Gasteiger partial charge in [-0.25, -0.2) is 4.98 Å². The second-order valence-electron chi connectivity index (χ2n) is 8.81. The van der Waals surface area contributed by atoms with Crippen LogP contribution in [0, 0.1) is 18.8 Å². The number of hydrogen-bond acceptors (Lipinski definition) is 4.